The molecule has 0 radical (unpaired) electrons. The zero-order chi connectivity index (χ0) is 21.0. The van der Waals surface area contributed by atoms with E-state index in [1.165, 1.54) is 28.0 Å². The smallest absolute Gasteiger partial charge is 0.341 e. The number of anilines is 1. The fraction of sp³-hybridized carbons (Fsp3) is 0.600. The number of carbonyl (C=O) groups excluding carboxylic acids is 2. The van der Waals surface area contributed by atoms with Crippen molar-refractivity contribution in [3.8, 4) is 0 Å². The van der Waals surface area contributed by atoms with E-state index in [-0.39, 0.29) is 23.5 Å². The molecule has 2 heterocycles. The Kier molecular flexibility index (Phi) is 7.34. The zero-order valence-electron chi connectivity index (χ0n) is 17.4. The Morgan fingerprint density at radius 3 is 2.76 bits per heavy atom. The minimum Gasteiger partial charge on any atom is -0.462 e. The molecule has 0 saturated carbocycles. The van der Waals surface area contributed by atoms with Crippen molar-refractivity contribution >= 4 is 40.0 Å². The molecule has 0 aliphatic heterocycles. The Bertz CT molecular complexity index is 889. The maximum atomic E-state index is 12.6. The Balaban J connectivity index is 1.70. The van der Waals surface area contributed by atoms with E-state index >= 15 is 0 Å². The van der Waals surface area contributed by atoms with Gasteiger partial charge < -0.3 is 14.6 Å². The van der Waals surface area contributed by atoms with Crippen LogP contribution in [0.3, 0.4) is 0 Å². The molecule has 2 aromatic heterocycles. The first-order valence-corrected chi connectivity index (χ1v) is 11.9. The second kappa shape index (κ2) is 9.75. The van der Waals surface area contributed by atoms with Gasteiger partial charge in [-0.3, -0.25) is 4.79 Å². The lowest BCUT2D eigenvalue weighted by atomic mass is 10.1. The van der Waals surface area contributed by atoms with Crippen molar-refractivity contribution in [3.63, 3.8) is 0 Å². The molecule has 1 aliphatic rings. The third-order valence-corrected chi connectivity index (χ3v) is 6.87. The highest BCUT2D eigenvalue weighted by Crippen LogP contribution is 2.39. The lowest BCUT2D eigenvalue weighted by Crippen LogP contribution is -2.17. The summed E-state index contributed by atoms with van der Waals surface area (Å²) in [4.78, 5) is 26.2. The summed E-state index contributed by atoms with van der Waals surface area (Å²) in [6, 6.07) is 0. The summed E-state index contributed by atoms with van der Waals surface area (Å²) in [5.74, 6) is 0.925. The van der Waals surface area contributed by atoms with Gasteiger partial charge in [-0.15, -0.1) is 21.5 Å². The molecule has 0 saturated heterocycles. The SMILES string of the molecule is CCCn1c(SCC(=O)Nc2sc3c(c2C(=O)OCC)CCC3)nnc1C(C)C. The number of aromatic nitrogens is 3. The van der Waals surface area contributed by atoms with E-state index in [0.29, 0.717) is 17.2 Å². The molecule has 0 unspecified atom stereocenters. The van der Waals surface area contributed by atoms with Gasteiger partial charge in [0.15, 0.2) is 5.16 Å². The summed E-state index contributed by atoms with van der Waals surface area (Å²) >= 11 is 2.87. The van der Waals surface area contributed by atoms with Crippen LogP contribution in [0.2, 0.25) is 0 Å². The molecular weight excluding hydrogens is 408 g/mol. The molecule has 9 heteroatoms. The van der Waals surface area contributed by atoms with E-state index in [0.717, 1.165) is 48.8 Å². The van der Waals surface area contributed by atoms with E-state index in [2.05, 4.69) is 40.9 Å². The van der Waals surface area contributed by atoms with Crippen molar-refractivity contribution in [1.29, 1.82) is 0 Å². The highest BCUT2D eigenvalue weighted by Gasteiger charge is 2.28. The maximum absolute atomic E-state index is 12.6. The van der Waals surface area contributed by atoms with Crippen LogP contribution in [0.4, 0.5) is 5.00 Å². The number of nitrogens with one attached hydrogen (secondary N) is 1. The second-order valence-corrected chi connectivity index (χ2v) is 9.31. The molecule has 7 nitrogen and oxygen atoms in total. The van der Waals surface area contributed by atoms with Crippen LogP contribution >= 0.6 is 23.1 Å². The number of thiophene rings is 1. The summed E-state index contributed by atoms with van der Waals surface area (Å²) in [7, 11) is 0. The Labute approximate surface area is 179 Å². The van der Waals surface area contributed by atoms with Crippen molar-refractivity contribution in [2.75, 3.05) is 17.7 Å². The number of hydrogen-bond donors (Lipinski definition) is 1. The lowest BCUT2D eigenvalue weighted by Gasteiger charge is -2.11. The Morgan fingerprint density at radius 2 is 2.07 bits per heavy atom. The van der Waals surface area contributed by atoms with Crippen LogP contribution in [0.25, 0.3) is 0 Å². The fourth-order valence-electron chi connectivity index (χ4n) is 3.47. The van der Waals surface area contributed by atoms with Gasteiger partial charge in [-0.25, -0.2) is 4.79 Å². The number of aryl methyl sites for hydroxylation is 1. The first-order chi connectivity index (χ1) is 14.0. The van der Waals surface area contributed by atoms with Crippen LogP contribution in [-0.4, -0.2) is 39.0 Å². The van der Waals surface area contributed by atoms with Gasteiger partial charge in [-0.05, 0) is 38.2 Å². The molecule has 1 aliphatic carbocycles. The number of thioether (sulfide) groups is 1. The van der Waals surface area contributed by atoms with E-state index in [1.807, 2.05) is 0 Å². The van der Waals surface area contributed by atoms with Crippen LogP contribution in [-0.2, 0) is 28.9 Å². The van der Waals surface area contributed by atoms with Crippen molar-refractivity contribution < 1.29 is 14.3 Å². The van der Waals surface area contributed by atoms with Gasteiger partial charge in [0.2, 0.25) is 5.91 Å². The highest BCUT2D eigenvalue weighted by molar-refractivity contribution is 7.99. The van der Waals surface area contributed by atoms with Gasteiger partial charge in [0.05, 0.1) is 17.9 Å². The standard InChI is InChI=1S/C20H28N4O3S2/c1-5-10-24-17(12(3)4)22-23-20(24)28-11-15(25)21-18-16(19(26)27-6-2)13-8-7-9-14(13)29-18/h12H,5-11H2,1-4H3,(H,21,25). The van der Waals surface area contributed by atoms with Crippen LogP contribution in [0.1, 0.15) is 73.1 Å². The molecular formula is C20H28N4O3S2. The first kappa shape index (κ1) is 21.8. The summed E-state index contributed by atoms with van der Waals surface area (Å²) in [5, 5.41) is 12.9. The summed E-state index contributed by atoms with van der Waals surface area (Å²) in [5.41, 5.74) is 1.58. The maximum Gasteiger partial charge on any atom is 0.341 e. The van der Waals surface area contributed by atoms with Crippen molar-refractivity contribution in [3.05, 3.63) is 21.8 Å². The average Bonchev–Trinajstić information content (AvgIpc) is 3.35. The van der Waals surface area contributed by atoms with Crippen LogP contribution in [0, 0.1) is 0 Å². The van der Waals surface area contributed by atoms with Crippen LogP contribution in [0.15, 0.2) is 5.16 Å². The Morgan fingerprint density at radius 1 is 1.28 bits per heavy atom. The zero-order valence-corrected chi connectivity index (χ0v) is 19.0. The predicted octanol–water partition coefficient (Wildman–Crippen LogP) is 4.27. The van der Waals surface area contributed by atoms with E-state index in [1.54, 1.807) is 6.92 Å². The number of amides is 1. The first-order valence-electron chi connectivity index (χ1n) is 10.1. The van der Waals surface area contributed by atoms with Gasteiger partial charge in [0, 0.05) is 17.3 Å². The number of esters is 1. The predicted molar refractivity (Wildman–Crippen MR) is 116 cm³/mol. The Hall–Kier alpha value is -1.87. The van der Waals surface area contributed by atoms with Gasteiger partial charge >= 0.3 is 5.97 Å². The second-order valence-electron chi connectivity index (χ2n) is 7.27. The molecule has 3 rings (SSSR count). The highest BCUT2D eigenvalue weighted by atomic mass is 32.2. The lowest BCUT2D eigenvalue weighted by molar-refractivity contribution is -0.113. The number of nitrogens with zero attached hydrogens (tertiary/aromatic N) is 3. The number of carbonyl (C=O) groups is 2. The number of hydrogen-bond acceptors (Lipinski definition) is 7. The monoisotopic (exact) mass is 436 g/mol. The van der Waals surface area contributed by atoms with Crippen molar-refractivity contribution in [1.82, 2.24) is 14.8 Å². The number of fused-ring (bicyclic) bond motifs is 1. The molecule has 0 bridgehead atoms. The van der Waals surface area contributed by atoms with E-state index in [9.17, 15) is 9.59 Å². The minimum atomic E-state index is -0.348. The van der Waals surface area contributed by atoms with Crippen LogP contribution < -0.4 is 5.32 Å². The quantitative estimate of drug-likeness (QED) is 0.467. The van der Waals surface area contributed by atoms with Gasteiger partial charge in [0.25, 0.3) is 0 Å². The summed E-state index contributed by atoms with van der Waals surface area (Å²) in [6.45, 7) is 9.22. The third kappa shape index (κ3) is 4.83. The fourth-order valence-corrected chi connectivity index (χ4v) is 5.54. The van der Waals surface area contributed by atoms with Gasteiger partial charge in [-0.1, -0.05) is 32.5 Å². The number of rotatable bonds is 9. The van der Waals surface area contributed by atoms with Crippen molar-refractivity contribution in [2.24, 2.45) is 0 Å². The third-order valence-electron chi connectivity index (χ3n) is 4.70. The normalized spacial score (nSPS) is 13.0. The van der Waals surface area contributed by atoms with Gasteiger partial charge in [-0.2, -0.15) is 0 Å². The van der Waals surface area contributed by atoms with Gasteiger partial charge in [0.1, 0.15) is 10.8 Å². The summed E-state index contributed by atoms with van der Waals surface area (Å²) in [6.07, 6.45) is 3.84. The minimum absolute atomic E-state index is 0.155. The molecule has 0 fully saturated rings. The van der Waals surface area contributed by atoms with E-state index in [4.69, 9.17) is 4.74 Å². The molecule has 1 N–H and O–H groups in total. The van der Waals surface area contributed by atoms with Crippen molar-refractivity contribution in [2.45, 2.75) is 71.0 Å². The van der Waals surface area contributed by atoms with Crippen LogP contribution in [0.5, 0.6) is 0 Å². The summed E-state index contributed by atoms with van der Waals surface area (Å²) < 4.78 is 7.31. The molecule has 0 aromatic carbocycles. The number of ether oxygens (including phenoxy) is 1. The van der Waals surface area contributed by atoms with E-state index < -0.39 is 0 Å². The largest absolute Gasteiger partial charge is 0.462 e. The molecule has 0 atom stereocenters. The molecule has 1 amide bonds. The topological polar surface area (TPSA) is 86.1 Å². The molecule has 29 heavy (non-hydrogen) atoms. The molecule has 2 aromatic rings. The molecule has 158 valence electrons. The average molecular weight is 437 g/mol. The molecule has 0 spiro atoms.